The lowest BCUT2D eigenvalue weighted by atomic mass is 9.80. The summed E-state index contributed by atoms with van der Waals surface area (Å²) in [6.07, 6.45) is 1.89. The maximum absolute atomic E-state index is 12.4. The van der Waals surface area contributed by atoms with Gasteiger partial charge in [0, 0.05) is 5.41 Å². The summed E-state index contributed by atoms with van der Waals surface area (Å²) in [5.74, 6) is 0.123. The van der Waals surface area contributed by atoms with Crippen molar-refractivity contribution in [3.63, 3.8) is 0 Å². The Morgan fingerprint density at radius 1 is 1.16 bits per heavy atom. The van der Waals surface area contributed by atoms with Gasteiger partial charge in [-0.05, 0) is 31.5 Å². The summed E-state index contributed by atoms with van der Waals surface area (Å²) in [6, 6.07) is 10.3. The first kappa shape index (κ1) is 14.1. The number of benzene rings is 1. The molecule has 3 nitrogen and oxygen atoms in total. The van der Waals surface area contributed by atoms with Gasteiger partial charge < -0.3 is 10.6 Å². The molecule has 1 aromatic rings. The Morgan fingerprint density at radius 3 is 2.26 bits per heavy atom. The molecular formula is C16H24N2O. The molecule has 0 saturated carbocycles. The van der Waals surface area contributed by atoms with Gasteiger partial charge in [-0.1, -0.05) is 51.1 Å². The molecule has 2 rings (SSSR count). The summed E-state index contributed by atoms with van der Waals surface area (Å²) in [6.45, 7) is 7.77. The van der Waals surface area contributed by atoms with Gasteiger partial charge >= 0.3 is 0 Å². The minimum atomic E-state index is -0.355. The van der Waals surface area contributed by atoms with Gasteiger partial charge in [-0.2, -0.15) is 0 Å². The van der Waals surface area contributed by atoms with E-state index in [9.17, 15) is 4.79 Å². The van der Waals surface area contributed by atoms with E-state index in [0.717, 1.165) is 25.9 Å². The summed E-state index contributed by atoms with van der Waals surface area (Å²) >= 11 is 0. The predicted molar refractivity (Wildman–Crippen MR) is 77.8 cm³/mol. The maximum atomic E-state index is 12.4. The normalized spacial score (nSPS) is 18.9. The molecule has 0 radical (unpaired) electrons. The van der Waals surface area contributed by atoms with Gasteiger partial charge in [-0.15, -0.1) is 0 Å². The highest BCUT2D eigenvalue weighted by molar-refractivity contribution is 5.82. The van der Waals surface area contributed by atoms with Gasteiger partial charge in [0.1, 0.15) is 0 Å². The zero-order valence-corrected chi connectivity index (χ0v) is 12.1. The second-order valence-electron chi connectivity index (χ2n) is 6.40. The second kappa shape index (κ2) is 5.33. The Hall–Kier alpha value is -1.35. The molecule has 1 amide bonds. The number of hydrogen-bond donors (Lipinski definition) is 2. The molecule has 2 N–H and O–H groups in total. The quantitative estimate of drug-likeness (QED) is 0.857. The largest absolute Gasteiger partial charge is 0.346 e. The minimum absolute atomic E-state index is 0.123. The van der Waals surface area contributed by atoms with Crippen LogP contribution in [0.5, 0.6) is 0 Å². The van der Waals surface area contributed by atoms with Crippen molar-refractivity contribution in [1.82, 2.24) is 10.6 Å². The van der Waals surface area contributed by atoms with Crippen molar-refractivity contribution in [2.24, 2.45) is 5.41 Å². The third kappa shape index (κ3) is 3.16. The van der Waals surface area contributed by atoms with Gasteiger partial charge in [0.25, 0.3) is 0 Å². The van der Waals surface area contributed by atoms with Crippen molar-refractivity contribution in [3.8, 4) is 0 Å². The molecule has 1 fully saturated rings. The van der Waals surface area contributed by atoms with Gasteiger partial charge in [0.15, 0.2) is 0 Å². The third-order valence-electron chi connectivity index (χ3n) is 3.82. The summed E-state index contributed by atoms with van der Waals surface area (Å²) in [4.78, 5) is 12.4. The number of carbonyl (C=O) groups is 1. The zero-order valence-electron chi connectivity index (χ0n) is 12.1. The molecule has 0 bridgehead atoms. The molecule has 1 heterocycles. The highest BCUT2D eigenvalue weighted by Gasteiger charge is 2.37. The molecule has 104 valence electrons. The number of amides is 1. The van der Waals surface area contributed by atoms with Gasteiger partial charge in [0.2, 0.25) is 5.91 Å². The molecule has 0 unspecified atom stereocenters. The fourth-order valence-corrected chi connectivity index (χ4v) is 2.50. The topological polar surface area (TPSA) is 41.1 Å². The second-order valence-corrected chi connectivity index (χ2v) is 6.40. The Morgan fingerprint density at radius 2 is 1.74 bits per heavy atom. The lowest BCUT2D eigenvalue weighted by Gasteiger charge is -2.40. The van der Waals surface area contributed by atoms with E-state index in [0.29, 0.717) is 0 Å². The SMILES string of the molecule is CC(C)(C)C(=O)NC1(c2ccccc2)CCNCC1. The van der Waals surface area contributed by atoms with E-state index in [-0.39, 0.29) is 16.9 Å². The van der Waals surface area contributed by atoms with Crippen LogP contribution in [0.2, 0.25) is 0 Å². The number of rotatable bonds is 2. The van der Waals surface area contributed by atoms with E-state index in [1.165, 1.54) is 5.56 Å². The molecular weight excluding hydrogens is 236 g/mol. The molecule has 1 aliphatic heterocycles. The molecule has 1 saturated heterocycles. The Labute approximate surface area is 115 Å². The molecule has 19 heavy (non-hydrogen) atoms. The number of carbonyl (C=O) groups excluding carboxylic acids is 1. The van der Waals surface area contributed by atoms with E-state index < -0.39 is 0 Å². The van der Waals surface area contributed by atoms with Gasteiger partial charge in [-0.3, -0.25) is 4.79 Å². The van der Waals surface area contributed by atoms with Crippen LogP contribution in [0.15, 0.2) is 30.3 Å². The van der Waals surface area contributed by atoms with Crippen LogP contribution in [-0.4, -0.2) is 19.0 Å². The molecule has 0 atom stereocenters. The van der Waals surface area contributed by atoms with E-state index in [4.69, 9.17) is 0 Å². The standard InChI is InChI=1S/C16H24N2O/c1-15(2,3)14(19)18-16(9-11-17-12-10-16)13-7-5-4-6-8-13/h4-8,17H,9-12H2,1-3H3,(H,18,19). The van der Waals surface area contributed by atoms with Crippen LogP contribution in [0, 0.1) is 5.41 Å². The Bertz CT molecular complexity index is 428. The number of nitrogens with one attached hydrogen (secondary N) is 2. The van der Waals surface area contributed by atoms with Crippen LogP contribution in [0.1, 0.15) is 39.2 Å². The van der Waals surface area contributed by atoms with E-state index in [2.05, 4.69) is 22.8 Å². The first-order valence-corrected chi connectivity index (χ1v) is 7.03. The lowest BCUT2D eigenvalue weighted by molar-refractivity contribution is -0.131. The molecule has 1 aromatic carbocycles. The van der Waals surface area contributed by atoms with Crippen LogP contribution in [0.4, 0.5) is 0 Å². The fourth-order valence-electron chi connectivity index (χ4n) is 2.50. The Kier molecular flexibility index (Phi) is 3.95. The van der Waals surface area contributed by atoms with Crippen LogP contribution < -0.4 is 10.6 Å². The molecule has 0 aliphatic carbocycles. The highest BCUT2D eigenvalue weighted by atomic mass is 16.2. The summed E-state index contributed by atoms with van der Waals surface area (Å²) in [5.41, 5.74) is 0.651. The summed E-state index contributed by atoms with van der Waals surface area (Å²) < 4.78 is 0. The van der Waals surface area contributed by atoms with Crippen molar-refractivity contribution in [2.75, 3.05) is 13.1 Å². The molecule has 0 spiro atoms. The zero-order chi connectivity index (χ0) is 13.9. The Balaban J connectivity index is 2.28. The molecule has 0 aromatic heterocycles. The minimum Gasteiger partial charge on any atom is -0.346 e. The summed E-state index contributed by atoms with van der Waals surface area (Å²) in [7, 11) is 0. The molecule has 1 aliphatic rings. The predicted octanol–water partition coefficient (Wildman–Crippen LogP) is 2.43. The average molecular weight is 260 g/mol. The third-order valence-corrected chi connectivity index (χ3v) is 3.82. The fraction of sp³-hybridized carbons (Fsp3) is 0.562. The van der Waals surface area contributed by atoms with Crippen molar-refractivity contribution in [3.05, 3.63) is 35.9 Å². The van der Waals surface area contributed by atoms with Crippen LogP contribution in [-0.2, 0) is 10.3 Å². The van der Waals surface area contributed by atoms with Crippen LogP contribution >= 0.6 is 0 Å². The number of piperidine rings is 1. The van der Waals surface area contributed by atoms with Crippen molar-refractivity contribution >= 4 is 5.91 Å². The van der Waals surface area contributed by atoms with Gasteiger partial charge in [-0.25, -0.2) is 0 Å². The lowest BCUT2D eigenvalue weighted by Crippen LogP contribution is -2.54. The van der Waals surface area contributed by atoms with E-state index in [1.54, 1.807) is 0 Å². The van der Waals surface area contributed by atoms with Gasteiger partial charge in [0.05, 0.1) is 5.54 Å². The number of hydrogen-bond acceptors (Lipinski definition) is 2. The van der Waals surface area contributed by atoms with Crippen LogP contribution in [0.3, 0.4) is 0 Å². The smallest absolute Gasteiger partial charge is 0.226 e. The maximum Gasteiger partial charge on any atom is 0.226 e. The monoisotopic (exact) mass is 260 g/mol. The van der Waals surface area contributed by atoms with Crippen molar-refractivity contribution in [1.29, 1.82) is 0 Å². The first-order chi connectivity index (χ1) is 8.94. The van der Waals surface area contributed by atoms with Crippen molar-refractivity contribution in [2.45, 2.75) is 39.2 Å². The molecule has 3 heteroatoms. The van der Waals surface area contributed by atoms with Crippen LogP contribution in [0.25, 0.3) is 0 Å². The highest BCUT2D eigenvalue weighted by Crippen LogP contribution is 2.32. The van der Waals surface area contributed by atoms with E-state index in [1.807, 2.05) is 39.0 Å². The average Bonchev–Trinajstić information content (AvgIpc) is 2.40. The van der Waals surface area contributed by atoms with Crippen molar-refractivity contribution < 1.29 is 4.79 Å². The summed E-state index contributed by atoms with van der Waals surface area (Å²) in [5, 5.41) is 6.68. The first-order valence-electron chi connectivity index (χ1n) is 7.03. The van der Waals surface area contributed by atoms with E-state index >= 15 is 0 Å².